The first kappa shape index (κ1) is 11.7. The molecule has 0 heterocycles. The maximum atomic E-state index is 2.51. The van der Waals surface area contributed by atoms with Gasteiger partial charge in [-0.15, -0.1) is 0 Å². The SMILES string of the molecule is CCC(C)[SiH]([SiH2][SiH3])C(C)CC. The molecule has 0 amide bonds. The molecular formula is C8H24Si3. The summed E-state index contributed by atoms with van der Waals surface area (Å²) in [6.07, 6.45) is 2.91. The van der Waals surface area contributed by atoms with Gasteiger partial charge in [-0.25, -0.2) is 0 Å². The molecule has 0 rings (SSSR count). The molecule has 11 heavy (non-hydrogen) atoms. The Labute approximate surface area is 78.6 Å². The van der Waals surface area contributed by atoms with Gasteiger partial charge >= 0.3 is 0 Å². The highest BCUT2D eigenvalue weighted by molar-refractivity contribution is 7.32. The van der Waals surface area contributed by atoms with Crippen LogP contribution < -0.4 is 0 Å². The van der Waals surface area contributed by atoms with Crippen molar-refractivity contribution in [2.75, 3.05) is 0 Å². The zero-order valence-corrected chi connectivity index (χ0v) is 13.4. The van der Waals surface area contributed by atoms with E-state index in [2.05, 4.69) is 27.7 Å². The van der Waals surface area contributed by atoms with Crippen LogP contribution in [0.4, 0.5) is 0 Å². The fraction of sp³-hybridized carbons (Fsp3) is 1.00. The third kappa shape index (κ3) is 3.71. The molecule has 0 radical (unpaired) electrons. The van der Waals surface area contributed by atoms with Crippen LogP contribution in [0.2, 0.25) is 11.1 Å². The molecule has 0 aliphatic rings. The summed E-state index contributed by atoms with van der Waals surface area (Å²) >= 11 is 0. The Hall–Kier alpha value is 0.651. The predicted octanol–water partition coefficient (Wildman–Crippen LogP) is 0.760. The molecule has 0 aromatic heterocycles. The van der Waals surface area contributed by atoms with Crippen molar-refractivity contribution in [3.05, 3.63) is 0 Å². The normalized spacial score (nSPS) is 20.7. The van der Waals surface area contributed by atoms with Crippen molar-refractivity contribution < 1.29 is 0 Å². The monoisotopic (exact) mass is 204 g/mol. The van der Waals surface area contributed by atoms with Crippen molar-refractivity contribution in [1.29, 1.82) is 0 Å². The van der Waals surface area contributed by atoms with E-state index < -0.39 is 0 Å². The van der Waals surface area contributed by atoms with E-state index in [1.807, 2.05) is 0 Å². The molecule has 0 aromatic rings. The van der Waals surface area contributed by atoms with E-state index in [0.717, 1.165) is 11.1 Å². The summed E-state index contributed by atoms with van der Waals surface area (Å²) in [5.74, 6) is 0. The van der Waals surface area contributed by atoms with Gasteiger partial charge in [0.25, 0.3) is 0 Å². The van der Waals surface area contributed by atoms with Crippen molar-refractivity contribution in [3.8, 4) is 0 Å². The quantitative estimate of drug-likeness (QED) is 0.580. The molecule has 2 unspecified atom stereocenters. The lowest BCUT2D eigenvalue weighted by Crippen LogP contribution is -2.31. The zero-order chi connectivity index (χ0) is 8.85. The summed E-state index contributed by atoms with van der Waals surface area (Å²) in [5, 5.41) is 0. The van der Waals surface area contributed by atoms with E-state index in [9.17, 15) is 0 Å². The second-order valence-corrected chi connectivity index (χ2v) is 20.9. The van der Waals surface area contributed by atoms with Crippen LogP contribution in [0.25, 0.3) is 0 Å². The Kier molecular flexibility index (Phi) is 6.56. The first-order valence-corrected chi connectivity index (χ1v) is 15.4. The highest BCUT2D eigenvalue weighted by Crippen LogP contribution is 2.24. The van der Waals surface area contributed by atoms with Crippen LogP contribution in [0.5, 0.6) is 0 Å². The smallest absolute Gasteiger partial charge is 0.0264 e. The maximum Gasteiger partial charge on any atom is 0.0264 e. The van der Waals surface area contributed by atoms with Crippen LogP contribution in [-0.2, 0) is 0 Å². The standard InChI is InChI=1S/C8H24Si3/c1-5-7(3)11(10-9)8(4)6-2/h7-8,11H,5-6,10H2,1-4,9H3. The predicted molar refractivity (Wildman–Crippen MR) is 65.1 cm³/mol. The summed E-state index contributed by atoms with van der Waals surface area (Å²) in [4.78, 5) is 0. The average molecular weight is 205 g/mol. The maximum absolute atomic E-state index is 2.51. The lowest BCUT2D eigenvalue weighted by Gasteiger charge is -2.25. The van der Waals surface area contributed by atoms with Crippen LogP contribution in [-0.4, -0.2) is 26.6 Å². The van der Waals surface area contributed by atoms with Crippen LogP contribution in [0.1, 0.15) is 40.5 Å². The molecule has 0 aromatic carbocycles. The molecule has 0 N–H and O–H groups in total. The Morgan fingerprint density at radius 3 is 1.73 bits per heavy atom. The third-order valence-corrected chi connectivity index (χ3v) is 24.2. The summed E-state index contributed by atoms with van der Waals surface area (Å²) in [7, 11) is 1.87. The minimum atomic E-state index is -0.201. The molecule has 0 saturated heterocycles. The van der Waals surface area contributed by atoms with Crippen LogP contribution in [0, 0.1) is 0 Å². The first-order valence-electron chi connectivity index (χ1n) is 5.17. The topological polar surface area (TPSA) is 0 Å². The van der Waals surface area contributed by atoms with Crippen molar-refractivity contribution >= 4 is 26.6 Å². The largest absolute Gasteiger partial charge is 0.0654 e. The van der Waals surface area contributed by atoms with E-state index in [1.165, 1.54) is 12.8 Å². The second-order valence-electron chi connectivity index (χ2n) is 3.84. The van der Waals surface area contributed by atoms with E-state index in [0.29, 0.717) is 8.55 Å². The molecule has 0 fully saturated rings. The van der Waals surface area contributed by atoms with Crippen LogP contribution in [0.3, 0.4) is 0 Å². The lowest BCUT2D eigenvalue weighted by molar-refractivity contribution is 0.796. The van der Waals surface area contributed by atoms with Gasteiger partial charge in [0.05, 0.1) is 0 Å². The Balaban J connectivity index is 3.92. The van der Waals surface area contributed by atoms with E-state index in [1.54, 1.807) is 9.76 Å². The molecule has 0 aliphatic carbocycles. The number of hydrogen-bond acceptors (Lipinski definition) is 0. The van der Waals surface area contributed by atoms with E-state index >= 15 is 0 Å². The van der Waals surface area contributed by atoms with Gasteiger partial charge < -0.3 is 0 Å². The van der Waals surface area contributed by atoms with E-state index in [-0.39, 0.29) is 8.31 Å². The number of hydrogen-bond donors (Lipinski definition) is 0. The first-order chi connectivity index (χ1) is 5.17. The van der Waals surface area contributed by atoms with Gasteiger partial charge in [-0.05, 0) is 18.3 Å². The Morgan fingerprint density at radius 2 is 1.55 bits per heavy atom. The highest BCUT2D eigenvalue weighted by Gasteiger charge is 2.20. The summed E-state index contributed by atoms with van der Waals surface area (Å²) in [5.41, 5.74) is 2.29. The van der Waals surface area contributed by atoms with Crippen molar-refractivity contribution in [1.82, 2.24) is 0 Å². The highest BCUT2D eigenvalue weighted by atomic mass is 29.5. The average Bonchev–Trinajstić information content (AvgIpc) is 2.05. The Morgan fingerprint density at radius 1 is 1.18 bits per heavy atom. The lowest BCUT2D eigenvalue weighted by atomic mass is 10.4. The van der Waals surface area contributed by atoms with Crippen molar-refractivity contribution in [2.45, 2.75) is 51.6 Å². The van der Waals surface area contributed by atoms with Gasteiger partial charge in [-0.2, -0.15) is 0 Å². The van der Waals surface area contributed by atoms with Crippen molar-refractivity contribution in [2.24, 2.45) is 0 Å². The van der Waals surface area contributed by atoms with Gasteiger partial charge in [0, 0.05) is 8.31 Å². The third-order valence-electron chi connectivity index (χ3n) is 3.22. The van der Waals surface area contributed by atoms with Gasteiger partial charge in [-0.3, -0.25) is 0 Å². The number of rotatable bonds is 5. The minimum absolute atomic E-state index is 0.201. The summed E-state index contributed by atoms with van der Waals surface area (Å²) in [6.45, 7) is 9.76. The van der Waals surface area contributed by atoms with Gasteiger partial charge in [-0.1, -0.05) is 51.6 Å². The van der Waals surface area contributed by atoms with Gasteiger partial charge in [0.2, 0.25) is 0 Å². The minimum Gasteiger partial charge on any atom is -0.0654 e. The van der Waals surface area contributed by atoms with Gasteiger partial charge in [0.1, 0.15) is 0 Å². The zero-order valence-electron chi connectivity index (χ0n) is 8.85. The fourth-order valence-electron chi connectivity index (χ4n) is 1.97. The molecule has 68 valence electrons. The molecule has 0 nitrogen and oxygen atoms in total. The second kappa shape index (κ2) is 6.20. The molecule has 0 spiro atoms. The van der Waals surface area contributed by atoms with Crippen LogP contribution in [0.15, 0.2) is 0 Å². The summed E-state index contributed by atoms with van der Waals surface area (Å²) in [6, 6.07) is 0. The van der Waals surface area contributed by atoms with Crippen LogP contribution >= 0.6 is 0 Å². The molecule has 3 heteroatoms. The molecule has 0 saturated carbocycles. The van der Waals surface area contributed by atoms with E-state index in [4.69, 9.17) is 0 Å². The molecule has 2 atom stereocenters. The molecule has 0 bridgehead atoms. The Bertz CT molecular complexity index is 85.3. The van der Waals surface area contributed by atoms with Gasteiger partial charge in [0.15, 0.2) is 0 Å². The fourth-order valence-corrected chi connectivity index (χ4v) is 27.2. The molecule has 0 aliphatic heterocycles. The summed E-state index contributed by atoms with van der Waals surface area (Å²) < 4.78 is 0. The van der Waals surface area contributed by atoms with Crippen molar-refractivity contribution in [3.63, 3.8) is 0 Å². The molecular weight excluding hydrogens is 180 g/mol.